The minimum Gasteiger partial charge on any atom is -0.450 e. The van der Waals surface area contributed by atoms with Crippen molar-refractivity contribution in [3.05, 3.63) is 144 Å². The average molecular weight is 712 g/mol. The maximum absolute atomic E-state index is 15.2. The topological polar surface area (TPSA) is 96.6 Å². The molecule has 1 unspecified atom stereocenters. The van der Waals surface area contributed by atoms with E-state index in [0.717, 1.165) is 28.0 Å². The van der Waals surface area contributed by atoms with Crippen molar-refractivity contribution in [2.45, 2.75) is 36.0 Å². The summed E-state index contributed by atoms with van der Waals surface area (Å²) in [7, 11) is 0. The van der Waals surface area contributed by atoms with Crippen LogP contribution in [0.25, 0.3) is 11.0 Å². The van der Waals surface area contributed by atoms with Gasteiger partial charge in [-0.1, -0.05) is 101 Å². The molecule has 48 heavy (non-hydrogen) atoms. The quantitative estimate of drug-likeness (QED) is 0.127. The number of aromatic nitrogens is 2. The Balaban J connectivity index is 1.34. The van der Waals surface area contributed by atoms with Crippen molar-refractivity contribution in [3.8, 4) is 0 Å². The molecule has 4 heterocycles. The molecule has 2 aliphatic heterocycles. The number of halogens is 2. The molecule has 0 N–H and O–H groups in total. The third-order valence-electron chi connectivity index (χ3n) is 8.92. The van der Waals surface area contributed by atoms with E-state index in [0.29, 0.717) is 37.0 Å². The Hall–Kier alpha value is -4.48. The van der Waals surface area contributed by atoms with Gasteiger partial charge in [0.25, 0.3) is 11.8 Å². The second-order valence-electron chi connectivity index (χ2n) is 11.6. The van der Waals surface area contributed by atoms with Gasteiger partial charge in [-0.15, -0.1) is 10.2 Å². The van der Waals surface area contributed by atoms with Crippen LogP contribution in [0.2, 0.25) is 10.0 Å². The minimum atomic E-state index is -1.90. The lowest BCUT2D eigenvalue weighted by atomic mass is 9.84. The van der Waals surface area contributed by atoms with E-state index in [-0.39, 0.29) is 34.0 Å². The van der Waals surface area contributed by atoms with Crippen molar-refractivity contribution in [1.29, 1.82) is 0 Å². The summed E-state index contributed by atoms with van der Waals surface area (Å²) in [6.07, 6.45) is 0. The second kappa shape index (κ2) is 11.6. The van der Waals surface area contributed by atoms with E-state index in [1.165, 1.54) is 16.7 Å². The molecule has 8 rings (SSSR count). The zero-order chi connectivity index (χ0) is 33.3. The lowest BCUT2D eigenvalue weighted by Gasteiger charge is -2.32. The van der Waals surface area contributed by atoms with Crippen LogP contribution in [0.3, 0.4) is 0 Å². The Morgan fingerprint density at radius 1 is 0.854 bits per heavy atom. The molecule has 0 aliphatic carbocycles. The lowest BCUT2D eigenvalue weighted by Crippen LogP contribution is -2.53. The molecule has 238 valence electrons. The Morgan fingerprint density at radius 3 is 2.27 bits per heavy atom. The fourth-order valence-electron chi connectivity index (χ4n) is 6.48. The van der Waals surface area contributed by atoms with E-state index in [4.69, 9.17) is 27.6 Å². The highest BCUT2D eigenvalue weighted by Crippen LogP contribution is 2.55. The molecule has 2 amide bonds. The highest BCUT2D eigenvalue weighted by molar-refractivity contribution is 8.00. The summed E-state index contributed by atoms with van der Waals surface area (Å²) in [4.78, 5) is 47.4. The Bertz CT molecular complexity index is 2390. The zero-order valence-electron chi connectivity index (χ0n) is 25.5. The predicted molar refractivity (Wildman–Crippen MR) is 190 cm³/mol. The largest absolute Gasteiger partial charge is 0.450 e. The highest BCUT2D eigenvalue weighted by Gasteiger charge is 2.66. The van der Waals surface area contributed by atoms with Gasteiger partial charge in [0.2, 0.25) is 10.9 Å². The lowest BCUT2D eigenvalue weighted by molar-refractivity contribution is -0.121. The number of hydrogen-bond acceptors (Lipinski definition) is 8. The molecule has 2 aromatic heterocycles. The normalized spacial score (nSPS) is 16.8. The molecule has 0 saturated heterocycles. The van der Waals surface area contributed by atoms with E-state index in [1.54, 1.807) is 41.3 Å². The van der Waals surface area contributed by atoms with Gasteiger partial charge < -0.3 is 9.32 Å². The second-order valence-corrected chi connectivity index (χ2v) is 14.6. The summed E-state index contributed by atoms with van der Waals surface area (Å²) < 4.78 is 6.85. The first-order valence-electron chi connectivity index (χ1n) is 15.0. The van der Waals surface area contributed by atoms with Gasteiger partial charge in [-0.05, 0) is 66.4 Å². The van der Waals surface area contributed by atoms with Gasteiger partial charge in [0.1, 0.15) is 5.58 Å². The molecule has 12 heteroatoms. The van der Waals surface area contributed by atoms with Crippen LogP contribution in [0, 0.1) is 13.8 Å². The van der Waals surface area contributed by atoms with Gasteiger partial charge in [-0.3, -0.25) is 19.3 Å². The van der Waals surface area contributed by atoms with Crippen LogP contribution in [0.4, 0.5) is 10.8 Å². The molecule has 0 bridgehead atoms. The van der Waals surface area contributed by atoms with Crippen LogP contribution in [0.1, 0.15) is 43.9 Å². The predicted octanol–water partition coefficient (Wildman–Crippen LogP) is 8.31. The van der Waals surface area contributed by atoms with E-state index < -0.39 is 22.8 Å². The molecule has 0 fully saturated rings. The zero-order valence-corrected chi connectivity index (χ0v) is 28.6. The monoisotopic (exact) mass is 710 g/mol. The van der Waals surface area contributed by atoms with Crippen LogP contribution < -0.4 is 15.2 Å². The Morgan fingerprint density at radius 2 is 1.52 bits per heavy atom. The first-order valence-corrected chi connectivity index (χ1v) is 17.5. The van der Waals surface area contributed by atoms with Gasteiger partial charge in [0, 0.05) is 21.4 Å². The number of aryl methyl sites for hydroxylation is 2. The molecule has 6 aromatic rings. The Labute approximate surface area is 292 Å². The summed E-state index contributed by atoms with van der Waals surface area (Å²) in [5, 5.41) is 10.4. The van der Waals surface area contributed by atoms with Crippen molar-refractivity contribution in [1.82, 2.24) is 10.2 Å². The highest BCUT2D eigenvalue weighted by atomic mass is 35.5. The van der Waals surface area contributed by atoms with Gasteiger partial charge in [0.05, 0.1) is 23.2 Å². The third kappa shape index (κ3) is 4.54. The summed E-state index contributed by atoms with van der Waals surface area (Å²) in [5.74, 6) is -0.820. The number of carbonyl (C=O) groups is 2. The standard InChI is InChI=1S/C36H24Cl2N4O4S2/c1-19-15-23-28(16-20(19)2)46-31-29(30(23)43)36(24-11-5-8-14-27(24)41(33(36)45)17-21-9-3-6-12-25(21)37)42(32(31)44)34-39-40-35(48-34)47-18-22-10-4-7-13-26(22)38/h3-16H,17-18H2,1-2H3. The summed E-state index contributed by atoms with van der Waals surface area (Å²) in [6.45, 7) is 3.92. The van der Waals surface area contributed by atoms with Crippen molar-refractivity contribution in [3.63, 3.8) is 0 Å². The fourth-order valence-corrected chi connectivity index (χ4v) is 8.85. The van der Waals surface area contributed by atoms with Crippen LogP contribution in [-0.4, -0.2) is 22.0 Å². The van der Waals surface area contributed by atoms with Gasteiger partial charge in [-0.2, -0.15) is 0 Å². The number of thioether (sulfide) groups is 1. The summed E-state index contributed by atoms with van der Waals surface area (Å²) >= 11 is 15.5. The number of benzene rings is 4. The van der Waals surface area contributed by atoms with Gasteiger partial charge >= 0.3 is 0 Å². The summed E-state index contributed by atoms with van der Waals surface area (Å²) in [6, 6.07) is 25.5. The molecule has 1 spiro atoms. The van der Waals surface area contributed by atoms with E-state index in [1.807, 2.05) is 62.4 Å². The molecule has 8 nitrogen and oxygen atoms in total. The van der Waals surface area contributed by atoms with Crippen LogP contribution >= 0.6 is 46.3 Å². The summed E-state index contributed by atoms with van der Waals surface area (Å²) in [5.41, 5.74) is 2.30. The van der Waals surface area contributed by atoms with Gasteiger partial charge in [0.15, 0.2) is 15.3 Å². The van der Waals surface area contributed by atoms with Crippen molar-refractivity contribution in [2.75, 3.05) is 9.80 Å². The van der Waals surface area contributed by atoms with Crippen LogP contribution in [0.15, 0.2) is 98.5 Å². The molecule has 4 aromatic carbocycles. The molecule has 0 saturated carbocycles. The fraction of sp³-hybridized carbons (Fsp3) is 0.139. The van der Waals surface area contributed by atoms with Crippen molar-refractivity contribution < 1.29 is 14.0 Å². The molecular weight excluding hydrogens is 687 g/mol. The van der Waals surface area contributed by atoms with Crippen molar-refractivity contribution in [2.24, 2.45) is 0 Å². The molecular formula is C36H24Cl2N4O4S2. The molecule has 0 radical (unpaired) electrons. The number of para-hydroxylation sites is 1. The minimum absolute atomic E-state index is 0.0390. The van der Waals surface area contributed by atoms with E-state index >= 15 is 4.79 Å². The Kier molecular flexibility index (Phi) is 7.44. The number of hydrogen-bond donors (Lipinski definition) is 0. The van der Waals surface area contributed by atoms with Crippen LogP contribution in [-0.2, 0) is 22.6 Å². The molecule has 1 atom stereocenters. The third-order valence-corrected chi connectivity index (χ3v) is 11.8. The maximum Gasteiger partial charge on any atom is 0.297 e. The number of anilines is 2. The number of fused-ring (bicyclic) bond motifs is 5. The maximum atomic E-state index is 15.2. The average Bonchev–Trinajstić information content (AvgIpc) is 3.72. The number of nitrogens with zero attached hydrogens (tertiary/aromatic N) is 4. The number of amides is 2. The van der Waals surface area contributed by atoms with Gasteiger partial charge in [-0.25, -0.2) is 0 Å². The smallest absolute Gasteiger partial charge is 0.297 e. The van der Waals surface area contributed by atoms with Crippen LogP contribution in [0.5, 0.6) is 0 Å². The first-order chi connectivity index (χ1) is 23.2. The number of rotatable bonds is 6. The van der Waals surface area contributed by atoms with Crippen molar-refractivity contribution >= 4 is 79.9 Å². The molecule has 2 aliphatic rings. The SMILES string of the molecule is Cc1cc2oc3c(c(=O)c2cc1C)C1(C(=O)N(Cc2ccccc2Cl)c2ccccc21)N(c1nnc(SCc2ccccc2Cl)s1)C3=O. The number of carbonyl (C=O) groups excluding carboxylic acids is 2. The first kappa shape index (κ1) is 30.8. The van der Waals surface area contributed by atoms with E-state index in [2.05, 4.69) is 10.2 Å². The van der Waals surface area contributed by atoms with E-state index in [9.17, 15) is 9.59 Å².